The first-order chi connectivity index (χ1) is 13.8. The highest BCUT2D eigenvalue weighted by molar-refractivity contribution is 5.80. The molecular formula is C22H28N6. The van der Waals surface area contributed by atoms with Crippen LogP contribution in [0, 0.1) is 5.92 Å². The van der Waals surface area contributed by atoms with Gasteiger partial charge < -0.3 is 10.2 Å². The highest BCUT2D eigenvalue weighted by Gasteiger charge is 2.28. The number of likely N-dealkylation sites (tertiary alicyclic amines) is 1. The standard InChI is InChI=1S/C22H28N6/c1-3-23-22(24-15-21-26-25-20-11-7-8-13-28(20)21)27-14-12-19(17(2)16-27)18-9-5-4-6-10-18/h4-11,13,17,19H,3,12,14-16H2,1-2H3,(H,23,24). The van der Waals surface area contributed by atoms with Crippen molar-refractivity contribution in [3.05, 3.63) is 66.1 Å². The van der Waals surface area contributed by atoms with E-state index < -0.39 is 0 Å². The molecule has 4 rings (SSSR count). The lowest BCUT2D eigenvalue weighted by Gasteiger charge is -2.39. The molecule has 2 unspecified atom stereocenters. The Kier molecular flexibility index (Phi) is 5.55. The summed E-state index contributed by atoms with van der Waals surface area (Å²) in [5, 5.41) is 12.0. The Labute approximate surface area is 166 Å². The summed E-state index contributed by atoms with van der Waals surface area (Å²) in [5.74, 6) is 3.02. The molecule has 3 aromatic rings. The number of benzene rings is 1. The van der Waals surface area contributed by atoms with Crippen molar-refractivity contribution in [2.75, 3.05) is 19.6 Å². The summed E-state index contributed by atoms with van der Waals surface area (Å²) < 4.78 is 2.00. The first-order valence-electron chi connectivity index (χ1n) is 10.1. The Morgan fingerprint density at radius 3 is 2.75 bits per heavy atom. The second-order valence-electron chi connectivity index (χ2n) is 7.44. The molecule has 0 bridgehead atoms. The lowest BCUT2D eigenvalue weighted by molar-refractivity contribution is 0.234. The van der Waals surface area contributed by atoms with Crippen LogP contribution in [0.4, 0.5) is 0 Å². The lowest BCUT2D eigenvalue weighted by atomic mass is 9.82. The molecule has 2 atom stereocenters. The van der Waals surface area contributed by atoms with Crippen molar-refractivity contribution in [2.24, 2.45) is 10.9 Å². The monoisotopic (exact) mass is 376 g/mol. The first kappa shape index (κ1) is 18.5. The average molecular weight is 377 g/mol. The van der Waals surface area contributed by atoms with Crippen molar-refractivity contribution < 1.29 is 0 Å². The summed E-state index contributed by atoms with van der Waals surface area (Å²) in [5.41, 5.74) is 2.31. The average Bonchev–Trinajstić information content (AvgIpc) is 3.15. The van der Waals surface area contributed by atoms with Crippen molar-refractivity contribution in [3.63, 3.8) is 0 Å². The maximum atomic E-state index is 4.87. The molecule has 0 saturated carbocycles. The van der Waals surface area contributed by atoms with Crippen molar-refractivity contribution in [2.45, 2.75) is 32.7 Å². The zero-order valence-electron chi connectivity index (χ0n) is 16.6. The number of piperidine rings is 1. The van der Waals surface area contributed by atoms with Crippen LogP contribution in [0.25, 0.3) is 5.65 Å². The van der Waals surface area contributed by atoms with Crippen LogP contribution in [0.15, 0.2) is 59.7 Å². The van der Waals surface area contributed by atoms with Gasteiger partial charge in [0.2, 0.25) is 0 Å². The molecule has 28 heavy (non-hydrogen) atoms. The van der Waals surface area contributed by atoms with E-state index in [9.17, 15) is 0 Å². The second kappa shape index (κ2) is 8.42. The minimum Gasteiger partial charge on any atom is -0.357 e. The maximum absolute atomic E-state index is 4.87. The van der Waals surface area contributed by atoms with E-state index in [4.69, 9.17) is 4.99 Å². The molecule has 146 valence electrons. The zero-order valence-corrected chi connectivity index (χ0v) is 16.6. The number of aliphatic imine (C=N–C) groups is 1. The number of hydrogen-bond donors (Lipinski definition) is 1. The molecule has 1 saturated heterocycles. The molecule has 0 aliphatic carbocycles. The summed E-state index contributed by atoms with van der Waals surface area (Å²) in [6.45, 7) is 7.84. The predicted octanol–water partition coefficient (Wildman–Crippen LogP) is 3.32. The number of fused-ring (bicyclic) bond motifs is 1. The van der Waals surface area contributed by atoms with Gasteiger partial charge in [-0.2, -0.15) is 0 Å². The van der Waals surface area contributed by atoms with Gasteiger partial charge in [-0.15, -0.1) is 10.2 Å². The van der Waals surface area contributed by atoms with Gasteiger partial charge in [0.25, 0.3) is 0 Å². The third-order valence-corrected chi connectivity index (χ3v) is 5.52. The van der Waals surface area contributed by atoms with E-state index in [2.05, 4.69) is 64.6 Å². The van der Waals surface area contributed by atoms with Crippen LogP contribution in [0.1, 0.15) is 37.6 Å². The Hall–Kier alpha value is -2.89. The minimum atomic E-state index is 0.514. The van der Waals surface area contributed by atoms with Crippen molar-refractivity contribution in [3.8, 4) is 0 Å². The van der Waals surface area contributed by atoms with Crippen LogP contribution in [-0.2, 0) is 6.54 Å². The number of nitrogens with one attached hydrogen (secondary N) is 1. The van der Waals surface area contributed by atoms with Gasteiger partial charge in [-0.3, -0.25) is 4.40 Å². The van der Waals surface area contributed by atoms with E-state index >= 15 is 0 Å². The fraction of sp³-hybridized carbons (Fsp3) is 0.409. The van der Waals surface area contributed by atoms with Gasteiger partial charge in [0.05, 0.1) is 0 Å². The molecule has 6 nitrogen and oxygen atoms in total. The largest absolute Gasteiger partial charge is 0.357 e. The van der Waals surface area contributed by atoms with Crippen LogP contribution in [0.2, 0.25) is 0 Å². The smallest absolute Gasteiger partial charge is 0.194 e. The van der Waals surface area contributed by atoms with Gasteiger partial charge >= 0.3 is 0 Å². The summed E-state index contributed by atoms with van der Waals surface area (Å²) in [6.07, 6.45) is 3.13. The molecule has 2 aromatic heterocycles. The molecule has 1 fully saturated rings. The van der Waals surface area contributed by atoms with Crippen molar-refractivity contribution in [1.29, 1.82) is 0 Å². The van der Waals surface area contributed by atoms with E-state index in [-0.39, 0.29) is 0 Å². The van der Waals surface area contributed by atoms with Crippen LogP contribution in [-0.4, -0.2) is 45.1 Å². The summed E-state index contributed by atoms with van der Waals surface area (Å²) in [6, 6.07) is 16.8. The third kappa shape index (κ3) is 3.86. The number of pyridine rings is 1. The molecule has 3 heterocycles. The molecule has 1 N–H and O–H groups in total. The Balaban J connectivity index is 1.48. The molecule has 0 radical (unpaired) electrons. The molecule has 1 aromatic carbocycles. The molecule has 6 heteroatoms. The topological polar surface area (TPSA) is 57.8 Å². The Morgan fingerprint density at radius 2 is 1.96 bits per heavy atom. The van der Waals surface area contributed by atoms with Gasteiger partial charge in [0.15, 0.2) is 17.4 Å². The summed E-state index contributed by atoms with van der Waals surface area (Å²) in [4.78, 5) is 7.26. The minimum absolute atomic E-state index is 0.514. The van der Waals surface area contributed by atoms with Crippen LogP contribution in [0.3, 0.4) is 0 Å². The highest BCUT2D eigenvalue weighted by atomic mass is 15.3. The van der Waals surface area contributed by atoms with Gasteiger partial charge in [0.1, 0.15) is 6.54 Å². The van der Waals surface area contributed by atoms with Gasteiger partial charge in [-0.1, -0.05) is 43.3 Å². The summed E-state index contributed by atoms with van der Waals surface area (Å²) in [7, 11) is 0. The van der Waals surface area contributed by atoms with E-state index in [1.165, 1.54) is 5.56 Å². The number of aromatic nitrogens is 3. The molecule has 1 aliphatic heterocycles. The third-order valence-electron chi connectivity index (χ3n) is 5.52. The molecule has 1 aliphatic rings. The Bertz CT molecular complexity index is 932. The van der Waals surface area contributed by atoms with Gasteiger partial charge in [-0.25, -0.2) is 4.99 Å². The number of rotatable bonds is 4. The lowest BCUT2D eigenvalue weighted by Crippen LogP contribution is -2.48. The van der Waals surface area contributed by atoms with Crippen LogP contribution < -0.4 is 5.32 Å². The molecule has 0 spiro atoms. The van der Waals surface area contributed by atoms with Gasteiger partial charge in [-0.05, 0) is 42.9 Å². The first-order valence-corrected chi connectivity index (χ1v) is 10.1. The van der Waals surface area contributed by atoms with E-state index in [1.807, 2.05) is 28.8 Å². The van der Waals surface area contributed by atoms with E-state index in [1.54, 1.807) is 0 Å². The molecular weight excluding hydrogens is 348 g/mol. The SMILES string of the molecule is CCNC(=NCc1nnc2ccccn12)N1CCC(c2ccccc2)C(C)C1. The zero-order chi connectivity index (χ0) is 19.3. The summed E-state index contributed by atoms with van der Waals surface area (Å²) >= 11 is 0. The quantitative estimate of drug-likeness (QED) is 0.561. The van der Waals surface area contributed by atoms with E-state index in [0.29, 0.717) is 18.4 Å². The predicted molar refractivity (Wildman–Crippen MR) is 112 cm³/mol. The van der Waals surface area contributed by atoms with E-state index in [0.717, 1.165) is 43.5 Å². The molecule has 0 amide bonds. The fourth-order valence-corrected chi connectivity index (χ4v) is 4.10. The van der Waals surface area contributed by atoms with Gasteiger partial charge in [0, 0.05) is 25.8 Å². The van der Waals surface area contributed by atoms with Crippen molar-refractivity contribution in [1.82, 2.24) is 24.8 Å². The Morgan fingerprint density at radius 1 is 1.14 bits per heavy atom. The maximum Gasteiger partial charge on any atom is 0.194 e. The second-order valence-corrected chi connectivity index (χ2v) is 7.44. The normalized spacial score (nSPS) is 20.5. The fourth-order valence-electron chi connectivity index (χ4n) is 4.10. The van der Waals surface area contributed by atoms with Crippen LogP contribution >= 0.6 is 0 Å². The number of nitrogens with zero attached hydrogens (tertiary/aromatic N) is 5. The van der Waals surface area contributed by atoms with Crippen molar-refractivity contribution >= 4 is 11.6 Å². The van der Waals surface area contributed by atoms with Crippen LogP contribution in [0.5, 0.6) is 0 Å². The highest BCUT2D eigenvalue weighted by Crippen LogP contribution is 2.32. The number of hydrogen-bond acceptors (Lipinski definition) is 3. The number of guanidine groups is 1.